The number of unbranched alkanes of at least 4 members (excludes halogenated alkanes) is 2. The summed E-state index contributed by atoms with van der Waals surface area (Å²) in [5, 5.41) is 19.8. The number of aliphatic hydroxyl groups is 1. The number of hydrogen-bond donors (Lipinski definition) is 1. The van der Waals surface area contributed by atoms with E-state index in [9.17, 15) is 10.1 Å². The number of nitro groups is 1. The highest BCUT2D eigenvalue weighted by Crippen LogP contribution is 2.32. The van der Waals surface area contributed by atoms with Gasteiger partial charge >= 0.3 is 5.69 Å². The van der Waals surface area contributed by atoms with Gasteiger partial charge < -0.3 is 14.7 Å². The molecule has 21 heavy (non-hydrogen) atoms. The Kier molecular flexibility index (Phi) is 6.94. The quantitative estimate of drug-likeness (QED) is 0.431. The molecule has 1 N–H and O–H groups in total. The van der Waals surface area contributed by atoms with Gasteiger partial charge in [0.15, 0.2) is 5.75 Å². The molecule has 0 aliphatic rings. The zero-order valence-corrected chi connectivity index (χ0v) is 12.9. The molecule has 0 fully saturated rings. The van der Waals surface area contributed by atoms with Crippen molar-refractivity contribution < 1.29 is 14.8 Å². The van der Waals surface area contributed by atoms with Crippen molar-refractivity contribution >= 4 is 11.4 Å². The molecule has 0 saturated carbocycles. The minimum Gasteiger partial charge on any atom is -0.484 e. The molecule has 1 aromatic rings. The highest BCUT2D eigenvalue weighted by molar-refractivity contribution is 5.59. The first-order chi connectivity index (χ1) is 9.95. The Labute approximate surface area is 125 Å². The van der Waals surface area contributed by atoms with Crippen LogP contribution >= 0.6 is 0 Å². The SMILES string of the molecule is CC(C)Oc1cc(N(C)CCCCCO)ccc1[N+](=O)[O-]. The van der Waals surface area contributed by atoms with Gasteiger partial charge in [-0.05, 0) is 39.2 Å². The highest BCUT2D eigenvalue weighted by Gasteiger charge is 2.17. The van der Waals surface area contributed by atoms with E-state index in [2.05, 4.69) is 0 Å². The molecule has 0 saturated heterocycles. The molecule has 0 aliphatic carbocycles. The average Bonchev–Trinajstić information content (AvgIpc) is 2.42. The van der Waals surface area contributed by atoms with Crippen LogP contribution in [0, 0.1) is 10.1 Å². The third-order valence-electron chi connectivity index (χ3n) is 3.10. The van der Waals surface area contributed by atoms with E-state index in [1.165, 1.54) is 6.07 Å². The standard InChI is InChI=1S/C15H24N2O4/c1-12(2)21-15-11-13(7-8-14(15)17(19)20)16(3)9-5-4-6-10-18/h7-8,11-12,18H,4-6,9-10H2,1-3H3. The zero-order valence-electron chi connectivity index (χ0n) is 12.9. The van der Waals surface area contributed by atoms with Crippen LogP contribution < -0.4 is 9.64 Å². The lowest BCUT2D eigenvalue weighted by atomic mass is 10.2. The molecule has 0 bridgehead atoms. The van der Waals surface area contributed by atoms with Crippen molar-refractivity contribution in [2.75, 3.05) is 25.1 Å². The van der Waals surface area contributed by atoms with E-state index in [1.54, 1.807) is 12.1 Å². The Morgan fingerprint density at radius 3 is 2.62 bits per heavy atom. The summed E-state index contributed by atoms with van der Waals surface area (Å²) in [5.74, 6) is 0.301. The van der Waals surface area contributed by atoms with Gasteiger partial charge in [0.1, 0.15) is 0 Å². The molecule has 0 amide bonds. The van der Waals surface area contributed by atoms with Crippen LogP contribution in [-0.4, -0.2) is 36.3 Å². The number of anilines is 1. The molecule has 0 atom stereocenters. The zero-order chi connectivity index (χ0) is 15.8. The van der Waals surface area contributed by atoms with E-state index in [0.29, 0.717) is 5.75 Å². The summed E-state index contributed by atoms with van der Waals surface area (Å²) in [6, 6.07) is 4.93. The molecular formula is C15H24N2O4. The van der Waals surface area contributed by atoms with Crippen molar-refractivity contribution in [3.05, 3.63) is 28.3 Å². The Morgan fingerprint density at radius 1 is 1.33 bits per heavy atom. The minimum atomic E-state index is -0.428. The molecule has 0 aromatic heterocycles. The van der Waals surface area contributed by atoms with Crippen LogP contribution in [0.25, 0.3) is 0 Å². The van der Waals surface area contributed by atoms with Crippen molar-refractivity contribution in [1.82, 2.24) is 0 Å². The molecule has 118 valence electrons. The van der Waals surface area contributed by atoms with Crippen molar-refractivity contribution in [2.45, 2.75) is 39.2 Å². The summed E-state index contributed by atoms with van der Waals surface area (Å²) in [4.78, 5) is 12.6. The molecule has 0 unspecified atom stereocenters. The van der Waals surface area contributed by atoms with Gasteiger partial charge in [-0.15, -0.1) is 0 Å². The van der Waals surface area contributed by atoms with Gasteiger partial charge in [-0.2, -0.15) is 0 Å². The van der Waals surface area contributed by atoms with Gasteiger partial charge in [-0.1, -0.05) is 0 Å². The third kappa shape index (κ3) is 5.59. The molecule has 0 heterocycles. The Hall–Kier alpha value is -1.82. The molecule has 6 heteroatoms. The van der Waals surface area contributed by atoms with Gasteiger partial charge in [-0.3, -0.25) is 10.1 Å². The fraction of sp³-hybridized carbons (Fsp3) is 0.600. The van der Waals surface area contributed by atoms with Crippen molar-refractivity contribution in [3.8, 4) is 5.75 Å². The fourth-order valence-electron chi connectivity index (χ4n) is 2.01. The van der Waals surface area contributed by atoms with E-state index in [4.69, 9.17) is 9.84 Å². The van der Waals surface area contributed by atoms with E-state index < -0.39 is 4.92 Å². The number of aliphatic hydroxyl groups excluding tert-OH is 1. The first-order valence-corrected chi connectivity index (χ1v) is 7.22. The molecule has 0 spiro atoms. The topological polar surface area (TPSA) is 75.8 Å². The van der Waals surface area contributed by atoms with Crippen molar-refractivity contribution in [3.63, 3.8) is 0 Å². The van der Waals surface area contributed by atoms with Gasteiger partial charge in [0.2, 0.25) is 0 Å². The highest BCUT2D eigenvalue weighted by atomic mass is 16.6. The first-order valence-electron chi connectivity index (χ1n) is 7.22. The molecule has 6 nitrogen and oxygen atoms in total. The second-order valence-electron chi connectivity index (χ2n) is 5.28. The smallest absolute Gasteiger partial charge is 0.311 e. The Balaban J connectivity index is 2.81. The fourth-order valence-corrected chi connectivity index (χ4v) is 2.01. The van der Waals surface area contributed by atoms with Gasteiger partial charge in [-0.25, -0.2) is 0 Å². The number of hydrogen-bond acceptors (Lipinski definition) is 5. The van der Waals surface area contributed by atoms with Gasteiger partial charge in [0, 0.05) is 38.0 Å². The van der Waals surface area contributed by atoms with E-state index in [-0.39, 0.29) is 18.4 Å². The van der Waals surface area contributed by atoms with Crippen molar-refractivity contribution in [2.24, 2.45) is 0 Å². The maximum absolute atomic E-state index is 11.0. The predicted octanol–water partition coefficient (Wildman–Crippen LogP) is 2.98. The monoisotopic (exact) mass is 296 g/mol. The Bertz CT molecular complexity index is 463. The number of benzene rings is 1. The van der Waals surface area contributed by atoms with Crippen molar-refractivity contribution in [1.29, 1.82) is 0 Å². The van der Waals surface area contributed by atoms with Crippen LogP contribution in [-0.2, 0) is 0 Å². The molecule has 0 radical (unpaired) electrons. The summed E-state index contributed by atoms with van der Waals surface area (Å²) in [5.41, 5.74) is 0.876. The van der Waals surface area contributed by atoms with E-state index in [1.807, 2.05) is 25.8 Å². The maximum Gasteiger partial charge on any atom is 0.311 e. The number of rotatable bonds is 9. The summed E-state index contributed by atoms with van der Waals surface area (Å²) in [7, 11) is 1.94. The predicted molar refractivity (Wildman–Crippen MR) is 83.1 cm³/mol. The largest absolute Gasteiger partial charge is 0.484 e. The van der Waals surface area contributed by atoms with Crippen LogP contribution in [0.15, 0.2) is 18.2 Å². The van der Waals surface area contributed by atoms with Crippen LogP contribution in [0.5, 0.6) is 5.75 Å². The lowest BCUT2D eigenvalue weighted by molar-refractivity contribution is -0.386. The summed E-state index contributed by atoms with van der Waals surface area (Å²) >= 11 is 0. The lowest BCUT2D eigenvalue weighted by Crippen LogP contribution is -2.19. The second-order valence-corrected chi connectivity index (χ2v) is 5.28. The Morgan fingerprint density at radius 2 is 2.05 bits per heavy atom. The van der Waals surface area contributed by atoms with Crippen LogP contribution in [0.1, 0.15) is 33.1 Å². The van der Waals surface area contributed by atoms with E-state index >= 15 is 0 Å². The van der Waals surface area contributed by atoms with Gasteiger partial charge in [0.05, 0.1) is 11.0 Å². The first kappa shape index (κ1) is 17.2. The molecule has 1 aromatic carbocycles. The van der Waals surface area contributed by atoms with Crippen LogP contribution in [0.3, 0.4) is 0 Å². The van der Waals surface area contributed by atoms with Crippen LogP contribution in [0.2, 0.25) is 0 Å². The molecular weight excluding hydrogens is 272 g/mol. The summed E-state index contributed by atoms with van der Waals surface area (Å²) < 4.78 is 5.54. The summed E-state index contributed by atoms with van der Waals surface area (Å²) in [6.45, 7) is 4.73. The van der Waals surface area contributed by atoms with E-state index in [0.717, 1.165) is 31.5 Å². The molecule has 0 aliphatic heterocycles. The minimum absolute atomic E-state index is 0.0128. The molecule has 1 rings (SSSR count). The summed E-state index contributed by atoms with van der Waals surface area (Å²) in [6.07, 6.45) is 2.61. The lowest BCUT2D eigenvalue weighted by Gasteiger charge is -2.20. The average molecular weight is 296 g/mol. The van der Waals surface area contributed by atoms with Gasteiger partial charge in [0.25, 0.3) is 0 Å². The number of nitrogens with zero attached hydrogens (tertiary/aromatic N) is 2. The second kappa shape index (κ2) is 8.46. The third-order valence-corrected chi connectivity index (χ3v) is 3.10. The number of ether oxygens (including phenoxy) is 1. The van der Waals surface area contributed by atoms with Crippen LogP contribution in [0.4, 0.5) is 11.4 Å². The normalized spacial score (nSPS) is 10.7. The number of nitro benzene ring substituents is 1. The maximum atomic E-state index is 11.0.